The van der Waals surface area contributed by atoms with Crippen molar-refractivity contribution in [2.75, 3.05) is 17.2 Å². The molecule has 37 heavy (non-hydrogen) atoms. The van der Waals surface area contributed by atoms with Crippen molar-refractivity contribution in [2.24, 2.45) is 0 Å². The van der Waals surface area contributed by atoms with Gasteiger partial charge in [0.15, 0.2) is 6.61 Å². The van der Waals surface area contributed by atoms with Crippen LogP contribution in [0.4, 0.5) is 11.4 Å². The maximum atomic E-state index is 12.2. The molecule has 2 N–H and O–H groups in total. The Hall–Kier alpha value is -4.65. The molecule has 7 nitrogen and oxygen atoms in total. The Morgan fingerprint density at radius 3 is 2.14 bits per heavy atom. The number of benzene rings is 4. The summed E-state index contributed by atoms with van der Waals surface area (Å²) in [5.74, 6) is 0.235. The Kier molecular flexibility index (Phi) is 8.49. The van der Waals surface area contributed by atoms with E-state index in [2.05, 4.69) is 10.6 Å². The van der Waals surface area contributed by atoms with Gasteiger partial charge in [-0.2, -0.15) is 0 Å². The van der Waals surface area contributed by atoms with E-state index in [0.717, 1.165) is 22.1 Å². The van der Waals surface area contributed by atoms with E-state index in [-0.39, 0.29) is 25.4 Å². The number of amides is 2. The van der Waals surface area contributed by atoms with Gasteiger partial charge in [-0.15, -0.1) is 0 Å². The fourth-order valence-electron chi connectivity index (χ4n) is 3.70. The quantitative estimate of drug-likeness (QED) is 0.254. The molecule has 0 saturated heterocycles. The first kappa shape index (κ1) is 25.4. The zero-order valence-electron chi connectivity index (χ0n) is 20.5. The molecule has 0 saturated carbocycles. The Morgan fingerprint density at radius 1 is 0.703 bits per heavy atom. The highest BCUT2D eigenvalue weighted by atomic mass is 16.5. The summed E-state index contributed by atoms with van der Waals surface area (Å²) in [6, 6.07) is 28.1. The molecule has 0 atom stereocenters. The number of rotatable bonds is 10. The molecule has 188 valence electrons. The summed E-state index contributed by atoms with van der Waals surface area (Å²) in [4.78, 5) is 36.5. The molecule has 4 aromatic carbocycles. The van der Waals surface area contributed by atoms with E-state index in [9.17, 15) is 14.4 Å². The minimum Gasteiger partial charge on any atom is -0.457 e. The van der Waals surface area contributed by atoms with Crippen molar-refractivity contribution in [3.05, 3.63) is 96.6 Å². The van der Waals surface area contributed by atoms with Gasteiger partial charge in [-0.05, 0) is 61.2 Å². The lowest BCUT2D eigenvalue weighted by Crippen LogP contribution is -2.21. The second-order valence-corrected chi connectivity index (χ2v) is 8.58. The van der Waals surface area contributed by atoms with Crippen LogP contribution in [0, 0.1) is 6.92 Å². The summed E-state index contributed by atoms with van der Waals surface area (Å²) in [5, 5.41) is 7.48. The highest BCUT2D eigenvalue weighted by Crippen LogP contribution is 2.24. The maximum Gasteiger partial charge on any atom is 0.306 e. The predicted molar refractivity (Wildman–Crippen MR) is 144 cm³/mol. The second-order valence-electron chi connectivity index (χ2n) is 8.58. The van der Waals surface area contributed by atoms with Crippen LogP contribution in [0.25, 0.3) is 10.8 Å². The molecule has 0 unspecified atom stereocenters. The molecule has 0 aliphatic rings. The van der Waals surface area contributed by atoms with E-state index < -0.39 is 11.9 Å². The van der Waals surface area contributed by atoms with Crippen LogP contribution in [-0.4, -0.2) is 24.4 Å². The van der Waals surface area contributed by atoms with Crippen LogP contribution in [0.15, 0.2) is 91.0 Å². The monoisotopic (exact) mass is 496 g/mol. The van der Waals surface area contributed by atoms with Crippen molar-refractivity contribution < 1.29 is 23.9 Å². The zero-order chi connectivity index (χ0) is 26.0. The molecule has 7 heteroatoms. The van der Waals surface area contributed by atoms with Crippen molar-refractivity contribution in [3.63, 3.8) is 0 Å². The van der Waals surface area contributed by atoms with Crippen molar-refractivity contribution in [2.45, 2.75) is 26.2 Å². The number of hydrogen-bond acceptors (Lipinski definition) is 5. The third-order valence-corrected chi connectivity index (χ3v) is 5.61. The molecular weight excluding hydrogens is 468 g/mol. The van der Waals surface area contributed by atoms with E-state index in [1.165, 1.54) is 0 Å². The first-order chi connectivity index (χ1) is 18.0. The Labute approximate surface area is 215 Å². The number of fused-ring (bicyclic) bond motifs is 1. The molecule has 0 radical (unpaired) electrons. The smallest absolute Gasteiger partial charge is 0.306 e. The third-order valence-electron chi connectivity index (χ3n) is 5.61. The van der Waals surface area contributed by atoms with Crippen LogP contribution in [0.3, 0.4) is 0 Å². The predicted octanol–water partition coefficient (Wildman–Crippen LogP) is 6.23. The standard InChI is InChI=1S/C30H28N2O5/c1-21-12-16-24(17-13-21)37-25-18-14-23(15-19-25)31-28(33)10-5-11-30(35)36-20-29(34)32-27-9-4-7-22-6-2-3-8-26(22)27/h2-4,6-9,12-19H,5,10-11,20H2,1H3,(H,31,33)(H,32,34). The van der Waals surface area contributed by atoms with Gasteiger partial charge in [0.1, 0.15) is 11.5 Å². The molecule has 2 amide bonds. The molecule has 0 fully saturated rings. The minimum absolute atomic E-state index is 0.0400. The Bertz CT molecular complexity index is 1380. The average molecular weight is 497 g/mol. The number of anilines is 2. The van der Waals surface area contributed by atoms with E-state index in [4.69, 9.17) is 9.47 Å². The number of carbonyl (C=O) groups is 3. The van der Waals surface area contributed by atoms with Gasteiger partial charge in [0.05, 0.1) is 0 Å². The van der Waals surface area contributed by atoms with Crippen molar-refractivity contribution in [1.82, 2.24) is 0 Å². The van der Waals surface area contributed by atoms with Crippen LogP contribution < -0.4 is 15.4 Å². The lowest BCUT2D eigenvalue weighted by atomic mass is 10.1. The Balaban J connectivity index is 1.14. The lowest BCUT2D eigenvalue weighted by molar-refractivity contribution is -0.147. The van der Waals surface area contributed by atoms with Gasteiger partial charge >= 0.3 is 5.97 Å². The number of aryl methyl sites for hydroxylation is 1. The van der Waals surface area contributed by atoms with Gasteiger partial charge < -0.3 is 20.1 Å². The molecular formula is C30H28N2O5. The van der Waals surface area contributed by atoms with Gasteiger partial charge in [-0.3, -0.25) is 14.4 Å². The van der Waals surface area contributed by atoms with Crippen LogP contribution in [0.2, 0.25) is 0 Å². The fourth-order valence-corrected chi connectivity index (χ4v) is 3.70. The minimum atomic E-state index is -0.529. The van der Waals surface area contributed by atoms with Crippen molar-refractivity contribution >= 4 is 39.9 Å². The van der Waals surface area contributed by atoms with E-state index in [1.807, 2.05) is 67.6 Å². The summed E-state index contributed by atoms with van der Waals surface area (Å²) in [6.07, 6.45) is 0.501. The van der Waals surface area contributed by atoms with Gasteiger partial charge in [0.25, 0.3) is 5.91 Å². The van der Waals surface area contributed by atoms with Crippen LogP contribution in [0.5, 0.6) is 11.5 Å². The second kappa shape index (κ2) is 12.4. The van der Waals surface area contributed by atoms with Gasteiger partial charge in [-0.25, -0.2) is 0 Å². The molecule has 0 aromatic heterocycles. The third kappa shape index (κ3) is 7.67. The van der Waals surface area contributed by atoms with Crippen molar-refractivity contribution in [1.29, 1.82) is 0 Å². The first-order valence-electron chi connectivity index (χ1n) is 12.0. The highest BCUT2D eigenvalue weighted by molar-refractivity contribution is 6.02. The summed E-state index contributed by atoms with van der Waals surface area (Å²) < 4.78 is 10.8. The number of hydrogen-bond donors (Lipinski definition) is 2. The summed E-state index contributed by atoms with van der Waals surface area (Å²) >= 11 is 0. The average Bonchev–Trinajstić information content (AvgIpc) is 2.90. The van der Waals surface area contributed by atoms with Crippen molar-refractivity contribution in [3.8, 4) is 11.5 Å². The summed E-state index contributed by atoms with van der Waals surface area (Å²) in [7, 11) is 0. The van der Waals surface area contributed by atoms with Crippen LogP contribution in [0.1, 0.15) is 24.8 Å². The molecule has 0 heterocycles. The summed E-state index contributed by atoms with van der Waals surface area (Å²) in [6.45, 7) is 1.63. The largest absolute Gasteiger partial charge is 0.457 e. The number of esters is 1. The molecule has 0 aliphatic carbocycles. The molecule has 0 spiro atoms. The molecule has 4 aromatic rings. The van der Waals surface area contributed by atoms with E-state index in [1.54, 1.807) is 30.3 Å². The van der Waals surface area contributed by atoms with Gasteiger partial charge in [-0.1, -0.05) is 54.1 Å². The number of ether oxygens (including phenoxy) is 2. The highest BCUT2D eigenvalue weighted by Gasteiger charge is 2.11. The Morgan fingerprint density at radius 2 is 1.38 bits per heavy atom. The normalized spacial score (nSPS) is 10.5. The van der Waals surface area contributed by atoms with Gasteiger partial charge in [0.2, 0.25) is 5.91 Å². The van der Waals surface area contributed by atoms with Crippen LogP contribution >= 0.6 is 0 Å². The first-order valence-corrected chi connectivity index (χ1v) is 12.0. The lowest BCUT2D eigenvalue weighted by Gasteiger charge is -2.10. The number of nitrogens with one attached hydrogen (secondary N) is 2. The molecule has 4 rings (SSSR count). The zero-order valence-corrected chi connectivity index (χ0v) is 20.5. The van der Waals surface area contributed by atoms with E-state index >= 15 is 0 Å². The van der Waals surface area contributed by atoms with Gasteiger partial charge in [0, 0.05) is 29.6 Å². The molecule has 0 bridgehead atoms. The summed E-state index contributed by atoms with van der Waals surface area (Å²) in [5.41, 5.74) is 2.44. The molecule has 0 aliphatic heterocycles. The SMILES string of the molecule is Cc1ccc(Oc2ccc(NC(=O)CCCC(=O)OCC(=O)Nc3cccc4ccccc34)cc2)cc1. The van der Waals surface area contributed by atoms with Crippen LogP contribution in [-0.2, 0) is 19.1 Å². The number of carbonyl (C=O) groups excluding carboxylic acids is 3. The topological polar surface area (TPSA) is 93.7 Å². The fraction of sp³-hybridized carbons (Fsp3) is 0.167. The van der Waals surface area contributed by atoms with E-state index in [0.29, 0.717) is 23.5 Å². The maximum absolute atomic E-state index is 12.2.